The lowest BCUT2D eigenvalue weighted by atomic mass is 9.93. The molecule has 3 heterocycles. The van der Waals surface area contributed by atoms with Crippen LogP contribution in [-0.4, -0.2) is 67.2 Å². The molecule has 2 aromatic heterocycles. The number of aryl methyl sites for hydroxylation is 4. The molecule has 0 spiro atoms. The van der Waals surface area contributed by atoms with Gasteiger partial charge >= 0.3 is 0 Å². The smallest absolute Gasteiger partial charge is 0.253 e. The number of tetrazole rings is 1. The minimum atomic E-state index is -0.307. The van der Waals surface area contributed by atoms with Gasteiger partial charge in [0.25, 0.3) is 5.56 Å². The average molecular weight is 526 g/mol. The molecule has 1 atom stereocenters. The Morgan fingerprint density at radius 1 is 0.974 bits per heavy atom. The van der Waals surface area contributed by atoms with Crippen molar-refractivity contribution in [3.05, 3.63) is 87.0 Å². The van der Waals surface area contributed by atoms with Gasteiger partial charge in [-0.3, -0.25) is 14.6 Å². The van der Waals surface area contributed by atoms with Gasteiger partial charge in [-0.05, 0) is 72.2 Å². The Kier molecular flexibility index (Phi) is 7.57. The number of benzene rings is 2. The van der Waals surface area contributed by atoms with Gasteiger partial charge in [0.15, 0.2) is 5.82 Å². The fraction of sp³-hybridized carbons (Fsp3) is 0.484. The van der Waals surface area contributed by atoms with E-state index in [1.54, 1.807) is 0 Å². The van der Waals surface area contributed by atoms with E-state index in [1.165, 1.54) is 43.2 Å². The maximum absolute atomic E-state index is 13.7. The van der Waals surface area contributed by atoms with E-state index in [1.807, 2.05) is 10.7 Å². The Hall–Kier alpha value is -3.36. The lowest BCUT2D eigenvalue weighted by Gasteiger charge is -2.43. The summed E-state index contributed by atoms with van der Waals surface area (Å²) in [5, 5.41) is 14.1. The first-order valence-electron chi connectivity index (χ1n) is 14.5. The van der Waals surface area contributed by atoms with Crippen molar-refractivity contribution in [2.45, 2.75) is 71.0 Å². The zero-order valence-corrected chi connectivity index (χ0v) is 23.1. The normalized spacial score (nSPS) is 18.5. The molecule has 8 heteroatoms. The van der Waals surface area contributed by atoms with Gasteiger partial charge in [0.2, 0.25) is 0 Å². The number of piperazine rings is 1. The second-order valence-electron chi connectivity index (χ2n) is 11.4. The molecule has 0 bridgehead atoms. The summed E-state index contributed by atoms with van der Waals surface area (Å²) in [4.78, 5) is 22.0. The van der Waals surface area contributed by atoms with E-state index in [9.17, 15) is 4.79 Å². The molecule has 0 amide bonds. The summed E-state index contributed by atoms with van der Waals surface area (Å²) in [5.41, 5.74) is 5.06. The van der Waals surface area contributed by atoms with Crippen molar-refractivity contribution in [2.75, 3.05) is 26.2 Å². The zero-order valence-electron chi connectivity index (χ0n) is 23.1. The molecule has 2 aromatic carbocycles. The summed E-state index contributed by atoms with van der Waals surface area (Å²) in [5.74, 6) is 0.742. The summed E-state index contributed by atoms with van der Waals surface area (Å²) in [6.07, 6.45) is 7.50. The van der Waals surface area contributed by atoms with Gasteiger partial charge in [0.1, 0.15) is 6.04 Å². The van der Waals surface area contributed by atoms with Crippen LogP contribution in [0.2, 0.25) is 0 Å². The maximum Gasteiger partial charge on any atom is 0.253 e. The monoisotopic (exact) mass is 525 g/mol. The molecule has 39 heavy (non-hydrogen) atoms. The van der Waals surface area contributed by atoms with Crippen LogP contribution in [0, 0.1) is 13.8 Å². The number of nitrogens with zero attached hydrogens (tertiary/aromatic N) is 6. The Labute approximate surface area is 230 Å². The van der Waals surface area contributed by atoms with E-state index in [-0.39, 0.29) is 11.6 Å². The van der Waals surface area contributed by atoms with E-state index >= 15 is 0 Å². The number of aromatic nitrogens is 5. The summed E-state index contributed by atoms with van der Waals surface area (Å²) in [7, 11) is 0. The van der Waals surface area contributed by atoms with E-state index < -0.39 is 0 Å². The zero-order chi connectivity index (χ0) is 26.8. The first-order chi connectivity index (χ1) is 19.1. The SMILES string of the molecule is Cc1cc(C)c2[nH]c(=O)c([C@@H](c3nnnn3CCc3ccccc3)N3CCN(C4CCCCC4)CC3)cc2c1. The molecule has 8 nitrogen and oxygen atoms in total. The summed E-state index contributed by atoms with van der Waals surface area (Å²) in [6, 6.07) is 17.1. The number of pyridine rings is 1. The Balaban J connectivity index is 1.35. The highest BCUT2D eigenvalue weighted by atomic mass is 16.1. The van der Waals surface area contributed by atoms with Crippen LogP contribution in [0.5, 0.6) is 0 Å². The van der Waals surface area contributed by atoms with Crippen molar-refractivity contribution >= 4 is 10.9 Å². The summed E-state index contributed by atoms with van der Waals surface area (Å²) in [6.45, 7) is 8.61. The maximum atomic E-state index is 13.7. The number of fused-ring (bicyclic) bond motifs is 1. The number of hydrogen-bond donors (Lipinski definition) is 1. The number of rotatable bonds is 7. The second-order valence-corrected chi connectivity index (χ2v) is 11.4. The van der Waals surface area contributed by atoms with Gasteiger partial charge in [-0.15, -0.1) is 5.10 Å². The van der Waals surface area contributed by atoms with Crippen molar-refractivity contribution in [3.8, 4) is 0 Å². The summed E-state index contributed by atoms with van der Waals surface area (Å²) < 4.78 is 1.90. The highest BCUT2D eigenvalue weighted by Gasteiger charge is 2.34. The lowest BCUT2D eigenvalue weighted by Crippen LogP contribution is -2.52. The molecule has 4 aromatic rings. The number of hydrogen-bond acceptors (Lipinski definition) is 6. The predicted octanol–water partition coefficient (Wildman–Crippen LogP) is 4.41. The molecule has 1 saturated heterocycles. The van der Waals surface area contributed by atoms with Crippen LogP contribution in [0.25, 0.3) is 10.9 Å². The molecule has 1 aliphatic heterocycles. The number of aromatic amines is 1. The Morgan fingerprint density at radius 3 is 2.51 bits per heavy atom. The molecule has 2 aliphatic rings. The molecule has 0 radical (unpaired) electrons. The average Bonchev–Trinajstić information content (AvgIpc) is 3.42. The molecular formula is C31H39N7O. The minimum absolute atomic E-state index is 0.0632. The van der Waals surface area contributed by atoms with Crippen molar-refractivity contribution < 1.29 is 0 Å². The molecule has 0 unspecified atom stereocenters. The van der Waals surface area contributed by atoms with Gasteiger partial charge in [-0.25, -0.2) is 4.68 Å². The van der Waals surface area contributed by atoms with Gasteiger partial charge < -0.3 is 4.98 Å². The Morgan fingerprint density at radius 2 is 1.74 bits per heavy atom. The lowest BCUT2D eigenvalue weighted by molar-refractivity contribution is 0.0617. The first-order valence-corrected chi connectivity index (χ1v) is 14.5. The molecule has 1 aliphatic carbocycles. The highest BCUT2D eigenvalue weighted by molar-refractivity contribution is 5.83. The third-order valence-corrected chi connectivity index (χ3v) is 8.68. The predicted molar refractivity (Wildman–Crippen MR) is 154 cm³/mol. The van der Waals surface area contributed by atoms with Crippen LogP contribution in [0.1, 0.15) is 66.2 Å². The van der Waals surface area contributed by atoms with E-state index in [0.717, 1.165) is 60.5 Å². The van der Waals surface area contributed by atoms with E-state index in [4.69, 9.17) is 0 Å². The Bertz CT molecular complexity index is 1460. The first kappa shape index (κ1) is 25.9. The highest BCUT2D eigenvalue weighted by Crippen LogP contribution is 2.30. The fourth-order valence-electron chi connectivity index (χ4n) is 6.66. The largest absolute Gasteiger partial charge is 0.321 e. The quantitative estimate of drug-likeness (QED) is 0.385. The minimum Gasteiger partial charge on any atom is -0.321 e. The van der Waals surface area contributed by atoms with Crippen molar-refractivity contribution in [1.82, 2.24) is 35.0 Å². The molecule has 2 fully saturated rings. The van der Waals surface area contributed by atoms with E-state index in [0.29, 0.717) is 12.6 Å². The van der Waals surface area contributed by atoms with Gasteiger partial charge in [0, 0.05) is 44.3 Å². The topological polar surface area (TPSA) is 82.9 Å². The van der Waals surface area contributed by atoms with Gasteiger partial charge in [-0.1, -0.05) is 61.2 Å². The third-order valence-electron chi connectivity index (χ3n) is 8.68. The van der Waals surface area contributed by atoms with Crippen molar-refractivity contribution in [1.29, 1.82) is 0 Å². The van der Waals surface area contributed by atoms with Crippen LogP contribution in [0.15, 0.2) is 53.3 Å². The fourth-order valence-corrected chi connectivity index (χ4v) is 6.66. The van der Waals surface area contributed by atoms with Crippen LogP contribution < -0.4 is 5.56 Å². The third kappa shape index (κ3) is 5.54. The molecule has 204 valence electrons. The standard InChI is InChI=1S/C31H39N7O/c1-22-19-23(2)28-25(20-22)21-27(31(39)32-28)29(37-17-15-36(16-18-37)26-11-7-4-8-12-26)30-33-34-35-38(30)14-13-24-9-5-3-6-10-24/h3,5-6,9-10,19-21,26,29H,4,7-8,11-18H2,1-2H3,(H,32,39)/t29-/m0/s1. The van der Waals surface area contributed by atoms with Crippen LogP contribution in [-0.2, 0) is 13.0 Å². The van der Waals surface area contributed by atoms with Crippen LogP contribution >= 0.6 is 0 Å². The van der Waals surface area contributed by atoms with Gasteiger partial charge in [0.05, 0.1) is 5.52 Å². The van der Waals surface area contributed by atoms with Crippen molar-refractivity contribution in [2.24, 2.45) is 0 Å². The molecular weight excluding hydrogens is 486 g/mol. The van der Waals surface area contributed by atoms with Crippen molar-refractivity contribution in [3.63, 3.8) is 0 Å². The van der Waals surface area contributed by atoms with E-state index in [2.05, 4.69) is 86.6 Å². The number of H-pyrrole nitrogens is 1. The second kappa shape index (κ2) is 11.4. The summed E-state index contributed by atoms with van der Waals surface area (Å²) >= 11 is 0. The number of nitrogens with one attached hydrogen (secondary N) is 1. The van der Waals surface area contributed by atoms with Crippen LogP contribution in [0.3, 0.4) is 0 Å². The molecule has 6 rings (SSSR count). The van der Waals surface area contributed by atoms with Crippen LogP contribution in [0.4, 0.5) is 0 Å². The molecule has 1 N–H and O–H groups in total. The molecule has 1 saturated carbocycles. The van der Waals surface area contributed by atoms with Gasteiger partial charge in [-0.2, -0.15) is 0 Å².